The average Bonchev–Trinajstić information content (AvgIpc) is 2.32. The first kappa shape index (κ1) is 17.5. The molecule has 1 rings (SSSR count). The summed E-state index contributed by atoms with van der Waals surface area (Å²) in [5, 5.41) is 2.73. The van der Waals surface area contributed by atoms with Crippen LogP contribution in [0.1, 0.15) is 54.4 Å². The van der Waals surface area contributed by atoms with Crippen LogP contribution in [0.3, 0.4) is 0 Å². The average molecular weight is 229 g/mol. The van der Waals surface area contributed by atoms with Crippen molar-refractivity contribution in [1.82, 2.24) is 5.32 Å². The van der Waals surface area contributed by atoms with Gasteiger partial charge >= 0.3 is 0 Å². The van der Waals surface area contributed by atoms with E-state index in [1.54, 1.807) is 0 Å². The number of nitrogens with one attached hydrogen (secondary N) is 1. The van der Waals surface area contributed by atoms with E-state index in [9.17, 15) is 9.59 Å². The topological polar surface area (TPSA) is 46.2 Å². The van der Waals surface area contributed by atoms with Crippen molar-refractivity contribution in [2.24, 2.45) is 11.8 Å². The van der Waals surface area contributed by atoms with Gasteiger partial charge in [0.2, 0.25) is 5.91 Å². The maximum absolute atomic E-state index is 11.3. The van der Waals surface area contributed by atoms with Gasteiger partial charge < -0.3 is 5.32 Å². The van der Waals surface area contributed by atoms with E-state index in [1.807, 2.05) is 41.5 Å². The van der Waals surface area contributed by atoms with E-state index in [2.05, 4.69) is 5.32 Å². The molecule has 3 nitrogen and oxygen atoms in total. The minimum Gasteiger partial charge on any atom is -0.355 e. The van der Waals surface area contributed by atoms with Crippen molar-refractivity contribution in [1.29, 1.82) is 0 Å². The van der Waals surface area contributed by atoms with Gasteiger partial charge in [0.15, 0.2) is 0 Å². The molecule has 0 radical (unpaired) electrons. The largest absolute Gasteiger partial charge is 0.355 e. The third-order valence-electron chi connectivity index (χ3n) is 2.37. The molecule has 0 saturated carbocycles. The molecule has 2 unspecified atom stereocenters. The number of carbonyl (C=O) groups excluding carboxylic acids is 2. The highest BCUT2D eigenvalue weighted by Gasteiger charge is 2.23. The van der Waals surface area contributed by atoms with Gasteiger partial charge in [-0.1, -0.05) is 41.5 Å². The lowest BCUT2D eigenvalue weighted by molar-refractivity contribution is -0.128. The summed E-state index contributed by atoms with van der Waals surface area (Å²) in [7, 11) is 0. The Morgan fingerprint density at radius 2 is 1.50 bits per heavy atom. The second-order valence-corrected chi connectivity index (χ2v) is 3.55. The Labute approximate surface area is 100.0 Å². The molecule has 2 atom stereocenters. The molecule has 0 spiro atoms. The predicted molar refractivity (Wildman–Crippen MR) is 68.3 cm³/mol. The lowest BCUT2D eigenvalue weighted by Gasteiger charge is -2.19. The Bertz CT molecular complexity index is 182. The highest BCUT2D eigenvalue weighted by atomic mass is 16.2. The summed E-state index contributed by atoms with van der Waals surface area (Å²) >= 11 is 0. The maximum Gasteiger partial charge on any atom is 0.222 e. The molecule has 0 aromatic carbocycles. The Kier molecular flexibility index (Phi) is 11.7. The lowest BCUT2D eigenvalue weighted by atomic mass is 9.90. The first-order valence-corrected chi connectivity index (χ1v) is 6.41. The Morgan fingerprint density at radius 1 is 1.00 bits per heavy atom. The summed E-state index contributed by atoms with van der Waals surface area (Å²) in [5.41, 5.74) is 0. The number of carbonyl (C=O) groups is 2. The van der Waals surface area contributed by atoms with Crippen LogP contribution in [0.25, 0.3) is 0 Å². The van der Waals surface area contributed by atoms with Crippen LogP contribution in [-0.4, -0.2) is 18.2 Å². The summed E-state index contributed by atoms with van der Waals surface area (Å²) in [5.74, 6) is 0.367. The van der Waals surface area contributed by atoms with Gasteiger partial charge in [-0.3, -0.25) is 9.59 Å². The Hall–Kier alpha value is -0.860. The second-order valence-electron chi connectivity index (χ2n) is 3.55. The Morgan fingerprint density at radius 3 is 2.00 bits per heavy atom. The summed E-state index contributed by atoms with van der Waals surface area (Å²) < 4.78 is 0. The van der Waals surface area contributed by atoms with Crippen LogP contribution >= 0.6 is 0 Å². The van der Waals surface area contributed by atoms with Crippen LogP contribution in [-0.2, 0) is 9.59 Å². The molecule has 96 valence electrons. The molecule has 1 aliphatic heterocycles. The van der Waals surface area contributed by atoms with E-state index in [0.29, 0.717) is 19.4 Å². The lowest BCUT2D eigenvalue weighted by Crippen LogP contribution is -2.36. The van der Waals surface area contributed by atoms with Gasteiger partial charge in [-0.15, -0.1) is 0 Å². The van der Waals surface area contributed by atoms with Gasteiger partial charge in [0.1, 0.15) is 5.78 Å². The van der Waals surface area contributed by atoms with Crippen molar-refractivity contribution in [3.63, 3.8) is 0 Å². The van der Waals surface area contributed by atoms with Crippen LogP contribution in [0.5, 0.6) is 0 Å². The van der Waals surface area contributed by atoms with Crippen LogP contribution < -0.4 is 5.32 Å². The molecule has 0 bridgehead atoms. The number of hydrogen-bond donors (Lipinski definition) is 1. The SMILES string of the molecule is CC.CC.CC1CC(C)C(=O)NCCC1=O. The molecule has 16 heavy (non-hydrogen) atoms. The number of hydrogen-bond acceptors (Lipinski definition) is 2. The van der Waals surface area contributed by atoms with Gasteiger partial charge in [-0.25, -0.2) is 0 Å². The summed E-state index contributed by atoms with van der Waals surface area (Å²) in [4.78, 5) is 22.5. The molecule has 0 aliphatic carbocycles. The van der Waals surface area contributed by atoms with Crippen molar-refractivity contribution in [2.75, 3.05) is 6.54 Å². The van der Waals surface area contributed by atoms with E-state index in [0.717, 1.165) is 0 Å². The molecular weight excluding hydrogens is 202 g/mol. The smallest absolute Gasteiger partial charge is 0.222 e. The van der Waals surface area contributed by atoms with Crippen LogP contribution in [0.15, 0.2) is 0 Å². The van der Waals surface area contributed by atoms with E-state index in [4.69, 9.17) is 0 Å². The zero-order valence-electron chi connectivity index (χ0n) is 11.6. The maximum atomic E-state index is 11.3. The van der Waals surface area contributed by atoms with Crippen molar-refractivity contribution in [3.05, 3.63) is 0 Å². The molecule has 1 heterocycles. The zero-order valence-corrected chi connectivity index (χ0v) is 11.6. The van der Waals surface area contributed by atoms with Crippen LogP contribution in [0.4, 0.5) is 0 Å². The van der Waals surface area contributed by atoms with Crippen molar-refractivity contribution in [2.45, 2.75) is 54.4 Å². The molecule has 0 aromatic heterocycles. The second kappa shape index (κ2) is 10.7. The summed E-state index contributed by atoms with van der Waals surface area (Å²) in [6.45, 7) is 12.3. The number of amides is 1. The van der Waals surface area contributed by atoms with Gasteiger partial charge in [0.25, 0.3) is 0 Å². The molecule has 1 aliphatic rings. The summed E-state index contributed by atoms with van der Waals surface area (Å²) in [6, 6.07) is 0. The first-order chi connectivity index (χ1) is 7.61. The minimum atomic E-state index is -0.0238. The number of rotatable bonds is 0. The van der Waals surface area contributed by atoms with Crippen molar-refractivity contribution in [3.8, 4) is 0 Å². The van der Waals surface area contributed by atoms with Gasteiger partial charge in [0, 0.05) is 24.8 Å². The fourth-order valence-electron chi connectivity index (χ4n) is 1.50. The van der Waals surface area contributed by atoms with E-state index in [1.165, 1.54) is 0 Å². The van der Waals surface area contributed by atoms with E-state index in [-0.39, 0.29) is 23.5 Å². The standard InChI is InChI=1S/C9H15NO2.2C2H6/c1-6-5-7(2)9(12)10-4-3-8(6)11;2*1-2/h6-7H,3-5H2,1-2H3,(H,10,12);2*1-2H3. The summed E-state index contributed by atoms with van der Waals surface area (Å²) in [6.07, 6.45) is 1.17. The van der Waals surface area contributed by atoms with Crippen LogP contribution in [0.2, 0.25) is 0 Å². The van der Waals surface area contributed by atoms with E-state index >= 15 is 0 Å². The number of Topliss-reactive ketones (excluding diaryl/α,β-unsaturated/α-hetero) is 1. The zero-order chi connectivity index (χ0) is 13.1. The normalized spacial score (nSPS) is 24.9. The fraction of sp³-hybridized carbons (Fsp3) is 0.846. The first-order valence-electron chi connectivity index (χ1n) is 6.41. The third kappa shape index (κ3) is 6.59. The highest BCUT2D eigenvalue weighted by Crippen LogP contribution is 2.16. The molecule has 1 fully saturated rings. The van der Waals surface area contributed by atoms with Gasteiger partial charge in [-0.2, -0.15) is 0 Å². The quantitative estimate of drug-likeness (QED) is 0.694. The molecule has 3 heteroatoms. The van der Waals surface area contributed by atoms with Crippen molar-refractivity contribution < 1.29 is 9.59 Å². The third-order valence-corrected chi connectivity index (χ3v) is 2.37. The van der Waals surface area contributed by atoms with Crippen LogP contribution in [0, 0.1) is 11.8 Å². The molecule has 1 saturated heterocycles. The highest BCUT2D eigenvalue weighted by molar-refractivity contribution is 5.85. The van der Waals surface area contributed by atoms with Crippen molar-refractivity contribution >= 4 is 11.7 Å². The van der Waals surface area contributed by atoms with Gasteiger partial charge in [0.05, 0.1) is 0 Å². The number of ketones is 1. The Balaban J connectivity index is 0. The molecule has 1 amide bonds. The monoisotopic (exact) mass is 229 g/mol. The fourth-order valence-corrected chi connectivity index (χ4v) is 1.50. The molecule has 1 N–H and O–H groups in total. The van der Waals surface area contributed by atoms with Gasteiger partial charge in [-0.05, 0) is 6.42 Å². The predicted octanol–water partition coefficient (Wildman–Crippen LogP) is 2.79. The molecular formula is C13H27NO2. The van der Waals surface area contributed by atoms with E-state index < -0.39 is 0 Å². The minimum absolute atomic E-state index is 0.0238. The molecule has 0 aromatic rings.